The van der Waals surface area contributed by atoms with E-state index in [-0.39, 0.29) is 22.9 Å². The van der Waals surface area contributed by atoms with E-state index in [1.54, 1.807) is 0 Å². The van der Waals surface area contributed by atoms with Crippen molar-refractivity contribution in [1.29, 1.82) is 0 Å². The average molecular weight is 339 g/mol. The van der Waals surface area contributed by atoms with E-state index in [2.05, 4.69) is 20.5 Å². The van der Waals surface area contributed by atoms with Crippen LogP contribution >= 0.6 is 0 Å². The molecule has 0 bridgehead atoms. The van der Waals surface area contributed by atoms with Crippen LogP contribution in [0, 0.1) is 10.1 Å². The Hall–Kier alpha value is -3.75. The number of hydrogen-bond donors (Lipinski definition) is 2. The van der Waals surface area contributed by atoms with E-state index in [0.29, 0.717) is 5.82 Å². The van der Waals surface area contributed by atoms with Crippen molar-refractivity contribution in [3.05, 3.63) is 64.2 Å². The summed E-state index contributed by atoms with van der Waals surface area (Å²) in [7, 11) is 1.32. The third-order valence-corrected chi connectivity index (χ3v) is 3.40. The molecule has 0 unspecified atom stereocenters. The maximum atomic E-state index is 12.3. The summed E-state index contributed by atoms with van der Waals surface area (Å²) in [6.45, 7) is 0. The number of aromatic nitrogens is 3. The molecule has 0 aliphatic carbocycles. The minimum atomic E-state index is -0.615. The van der Waals surface area contributed by atoms with Gasteiger partial charge in [0.1, 0.15) is 0 Å². The standard InChI is InChI=1S/C16H13N5O4/c1-25-13-8-7-11(9-12(13)21(23)24)15(22)18-16-17-14(19-20-16)10-5-3-2-4-6-10/h2-9H,1H3,(H2,17,18,19,20,22). The molecular formula is C16H13N5O4. The highest BCUT2D eigenvalue weighted by atomic mass is 16.6. The largest absolute Gasteiger partial charge is 0.490 e. The van der Waals surface area contributed by atoms with Crippen LogP contribution in [-0.4, -0.2) is 33.1 Å². The van der Waals surface area contributed by atoms with Crippen molar-refractivity contribution in [3.8, 4) is 17.1 Å². The highest BCUT2D eigenvalue weighted by molar-refractivity contribution is 6.04. The quantitative estimate of drug-likeness (QED) is 0.544. The van der Waals surface area contributed by atoms with E-state index < -0.39 is 10.8 Å². The molecule has 2 N–H and O–H groups in total. The highest BCUT2D eigenvalue weighted by Crippen LogP contribution is 2.27. The number of hydrogen-bond acceptors (Lipinski definition) is 6. The van der Waals surface area contributed by atoms with Gasteiger partial charge in [-0.2, -0.15) is 4.98 Å². The lowest BCUT2D eigenvalue weighted by Gasteiger charge is -2.04. The van der Waals surface area contributed by atoms with Crippen molar-refractivity contribution < 1.29 is 14.5 Å². The van der Waals surface area contributed by atoms with Crippen molar-refractivity contribution in [3.63, 3.8) is 0 Å². The number of aromatic amines is 1. The molecule has 0 saturated heterocycles. The van der Waals surface area contributed by atoms with Gasteiger partial charge in [0.25, 0.3) is 5.91 Å². The third kappa shape index (κ3) is 3.44. The number of nitro benzene ring substituents is 1. The van der Waals surface area contributed by atoms with Crippen LogP contribution in [0.15, 0.2) is 48.5 Å². The molecule has 3 aromatic rings. The van der Waals surface area contributed by atoms with Crippen LogP contribution in [0.1, 0.15) is 10.4 Å². The molecule has 1 aromatic heterocycles. The van der Waals surface area contributed by atoms with E-state index in [9.17, 15) is 14.9 Å². The van der Waals surface area contributed by atoms with Gasteiger partial charge in [-0.1, -0.05) is 30.3 Å². The Morgan fingerprint density at radius 2 is 2.00 bits per heavy atom. The monoisotopic (exact) mass is 339 g/mol. The van der Waals surface area contributed by atoms with Gasteiger partial charge in [0.15, 0.2) is 11.6 Å². The zero-order chi connectivity index (χ0) is 17.8. The van der Waals surface area contributed by atoms with E-state index in [1.807, 2.05) is 30.3 Å². The van der Waals surface area contributed by atoms with Gasteiger partial charge >= 0.3 is 5.69 Å². The maximum absolute atomic E-state index is 12.3. The summed E-state index contributed by atoms with van der Waals surface area (Å²) in [5, 5.41) is 20.2. The van der Waals surface area contributed by atoms with Gasteiger partial charge in [0.05, 0.1) is 12.0 Å². The maximum Gasteiger partial charge on any atom is 0.311 e. The number of nitro groups is 1. The first kappa shape index (κ1) is 16.1. The van der Waals surface area contributed by atoms with E-state index in [0.717, 1.165) is 11.6 Å². The molecule has 9 nitrogen and oxygen atoms in total. The number of nitrogens with one attached hydrogen (secondary N) is 2. The molecule has 0 aliphatic heterocycles. The highest BCUT2D eigenvalue weighted by Gasteiger charge is 2.19. The fraction of sp³-hybridized carbons (Fsp3) is 0.0625. The van der Waals surface area contributed by atoms with Crippen LogP contribution in [0.3, 0.4) is 0 Å². The lowest BCUT2D eigenvalue weighted by Crippen LogP contribution is -2.13. The molecule has 0 radical (unpaired) electrons. The van der Waals surface area contributed by atoms with Gasteiger partial charge in [-0.3, -0.25) is 25.3 Å². The first-order chi connectivity index (χ1) is 12.1. The summed E-state index contributed by atoms with van der Waals surface area (Å²) >= 11 is 0. The van der Waals surface area contributed by atoms with Crippen LogP contribution in [0.5, 0.6) is 5.75 Å². The number of amides is 1. The second-order valence-corrected chi connectivity index (χ2v) is 4.97. The molecule has 25 heavy (non-hydrogen) atoms. The minimum Gasteiger partial charge on any atom is -0.490 e. The Morgan fingerprint density at radius 3 is 2.68 bits per heavy atom. The predicted octanol–water partition coefficient (Wildman–Crippen LogP) is 2.64. The van der Waals surface area contributed by atoms with Crippen molar-refractivity contribution >= 4 is 17.5 Å². The normalized spacial score (nSPS) is 10.3. The number of nitrogens with zero attached hydrogens (tertiary/aromatic N) is 3. The van der Waals surface area contributed by atoms with Crippen molar-refractivity contribution in [2.24, 2.45) is 0 Å². The molecule has 9 heteroatoms. The summed E-state index contributed by atoms with van der Waals surface area (Å²) in [5.74, 6) is 0.0779. The first-order valence-corrected chi connectivity index (χ1v) is 7.20. The van der Waals surface area contributed by atoms with Crippen molar-refractivity contribution in [2.75, 3.05) is 12.4 Å². The molecule has 3 rings (SSSR count). The fourth-order valence-corrected chi connectivity index (χ4v) is 2.19. The van der Waals surface area contributed by atoms with Crippen molar-refractivity contribution in [2.45, 2.75) is 0 Å². The number of anilines is 1. The number of carbonyl (C=O) groups is 1. The van der Waals surface area contributed by atoms with Gasteiger partial charge in [0.2, 0.25) is 5.95 Å². The van der Waals surface area contributed by atoms with Gasteiger partial charge in [0, 0.05) is 17.2 Å². The number of carbonyl (C=O) groups excluding carboxylic acids is 1. The Morgan fingerprint density at radius 1 is 1.24 bits per heavy atom. The summed E-state index contributed by atoms with van der Waals surface area (Å²) in [5.41, 5.74) is 0.615. The number of rotatable bonds is 5. The summed E-state index contributed by atoms with van der Waals surface area (Å²) in [6, 6.07) is 13.2. The first-order valence-electron chi connectivity index (χ1n) is 7.20. The number of H-pyrrole nitrogens is 1. The molecule has 0 saturated carbocycles. The van der Waals surface area contributed by atoms with Gasteiger partial charge in [-0.05, 0) is 12.1 Å². The number of benzene rings is 2. The Kier molecular flexibility index (Phi) is 4.38. The second kappa shape index (κ2) is 6.79. The van der Waals surface area contributed by atoms with E-state index in [1.165, 1.54) is 19.2 Å². The molecule has 0 aliphatic rings. The minimum absolute atomic E-state index is 0.0716. The predicted molar refractivity (Wildman–Crippen MR) is 89.4 cm³/mol. The number of ether oxygens (including phenoxy) is 1. The summed E-state index contributed by atoms with van der Waals surface area (Å²) in [4.78, 5) is 26.9. The molecule has 0 fully saturated rings. The average Bonchev–Trinajstić information content (AvgIpc) is 3.10. The molecule has 0 spiro atoms. The Balaban J connectivity index is 1.80. The molecule has 1 amide bonds. The van der Waals surface area contributed by atoms with Gasteiger partial charge in [-0.25, -0.2) is 0 Å². The zero-order valence-electron chi connectivity index (χ0n) is 13.1. The number of methoxy groups -OCH3 is 1. The van der Waals surface area contributed by atoms with Gasteiger partial charge < -0.3 is 4.74 Å². The van der Waals surface area contributed by atoms with Crippen LogP contribution in [0.25, 0.3) is 11.4 Å². The van der Waals surface area contributed by atoms with Crippen molar-refractivity contribution in [1.82, 2.24) is 15.2 Å². The molecule has 1 heterocycles. The topological polar surface area (TPSA) is 123 Å². The van der Waals surface area contributed by atoms with E-state index >= 15 is 0 Å². The van der Waals surface area contributed by atoms with Crippen LogP contribution < -0.4 is 10.1 Å². The molecule has 2 aromatic carbocycles. The van der Waals surface area contributed by atoms with Gasteiger partial charge in [-0.15, -0.1) is 5.10 Å². The fourth-order valence-electron chi connectivity index (χ4n) is 2.19. The lowest BCUT2D eigenvalue weighted by molar-refractivity contribution is -0.385. The zero-order valence-corrected chi connectivity index (χ0v) is 13.1. The molecule has 0 atom stereocenters. The van der Waals surface area contributed by atoms with E-state index in [4.69, 9.17) is 4.74 Å². The van der Waals surface area contributed by atoms with Crippen LogP contribution in [-0.2, 0) is 0 Å². The third-order valence-electron chi connectivity index (χ3n) is 3.40. The Labute approximate surface area is 141 Å². The SMILES string of the molecule is COc1ccc(C(=O)Nc2n[nH]c(-c3ccccc3)n2)cc1[N+](=O)[O-]. The lowest BCUT2D eigenvalue weighted by atomic mass is 10.1. The van der Waals surface area contributed by atoms with Crippen LogP contribution in [0.2, 0.25) is 0 Å². The summed E-state index contributed by atoms with van der Waals surface area (Å²) in [6.07, 6.45) is 0. The molecular weight excluding hydrogens is 326 g/mol. The smallest absolute Gasteiger partial charge is 0.311 e. The van der Waals surface area contributed by atoms with Crippen LogP contribution in [0.4, 0.5) is 11.6 Å². The summed E-state index contributed by atoms with van der Waals surface area (Å²) < 4.78 is 4.91. The second-order valence-electron chi connectivity index (χ2n) is 4.97. The Bertz CT molecular complexity index is 923. The molecule has 126 valence electrons.